The van der Waals surface area contributed by atoms with Crippen LogP contribution in [0.5, 0.6) is 0 Å². The first-order valence-electron chi connectivity index (χ1n) is 9.65. The van der Waals surface area contributed by atoms with Crippen LogP contribution in [0.3, 0.4) is 0 Å². The van der Waals surface area contributed by atoms with E-state index in [1.807, 2.05) is 13.8 Å². The van der Waals surface area contributed by atoms with E-state index in [0.29, 0.717) is 32.6 Å². The van der Waals surface area contributed by atoms with Gasteiger partial charge < -0.3 is 25.3 Å². The minimum absolute atomic E-state index is 0.0131. The Bertz CT molecular complexity index is 701. The molecule has 2 heterocycles. The molecule has 156 valence electrons. The molecule has 0 saturated carbocycles. The molecule has 2 amide bonds. The Morgan fingerprint density at radius 1 is 1.25 bits per heavy atom. The summed E-state index contributed by atoms with van der Waals surface area (Å²) in [5.74, 6) is -1.18. The number of hydrogen-bond acceptors (Lipinski definition) is 6. The minimum Gasteiger partial charge on any atom is -0.458 e. The van der Waals surface area contributed by atoms with E-state index in [0.717, 1.165) is 0 Å². The van der Waals surface area contributed by atoms with Crippen molar-refractivity contribution in [1.29, 1.82) is 0 Å². The number of ether oxygens (including phenoxy) is 1. The van der Waals surface area contributed by atoms with Crippen LogP contribution in [-0.2, 0) is 9.53 Å². The SMILES string of the molecule is CC(C)C[C@H](NC(=O)c1nc[nH]c1C(=O)N1CCNCC1)C(=O)OC(C)(C)C. The summed E-state index contributed by atoms with van der Waals surface area (Å²) in [6, 6.07) is -0.814. The van der Waals surface area contributed by atoms with Crippen LogP contribution in [0.2, 0.25) is 0 Å². The summed E-state index contributed by atoms with van der Waals surface area (Å²) < 4.78 is 5.43. The van der Waals surface area contributed by atoms with Crippen molar-refractivity contribution in [1.82, 2.24) is 25.5 Å². The van der Waals surface area contributed by atoms with E-state index in [-0.39, 0.29) is 23.2 Å². The number of hydrogen-bond donors (Lipinski definition) is 3. The zero-order valence-electron chi connectivity index (χ0n) is 17.3. The zero-order chi connectivity index (χ0) is 20.9. The van der Waals surface area contributed by atoms with Gasteiger partial charge in [-0.15, -0.1) is 0 Å². The van der Waals surface area contributed by atoms with E-state index in [4.69, 9.17) is 4.74 Å². The van der Waals surface area contributed by atoms with Gasteiger partial charge in [0, 0.05) is 26.2 Å². The van der Waals surface area contributed by atoms with E-state index in [2.05, 4.69) is 20.6 Å². The fraction of sp³-hybridized carbons (Fsp3) is 0.684. The summed E-state index contributed by atoms with van der Waals surface area (Å²) in [6.45, 7) is 11.8. The average Bonchev–Trinajstić information content (AvgIpc) is 3.09. The molecular weight excluding hydrogens is 362 g/mol. The van der Waals surface area contributed by atoms with Gasteiger partial charge in [-0.2, -0.15) is 0 Å². The van der Waals surface area contributed by atoms with E-state index < -0.39 is 23.5 Å². The van der Waals surface area contributed by atoms with Crippen LogP contribution in [-0.4, -0.2) is 70.5 Å². The quantitative estimate of drug-likeness (QED) is 0.620. The first-order valence-corrected chi connectivity index (χ1v) is 9.65. The lowest BCUT2D eigenvalue weighted by Crippen LogP contribution is -2.47. The maximum atomic E-state index is 12.8. The highest BCUT2D eigenvalue weighted by molar-refractivity contribution is 6.05. The molecule has 1 saturated heterocycles. The van der Waals surface area contributed by atoms with Crippen molar-refractivity contribution in [3.8, 4) is 0 Å². The van der Waals surface area contributed by atoms with Crippen molar-refractivity contribution < 1.29 is 19.1 Å². The molecule has 1 aromatic heterocycles. The second-order valence-electron chi connectivity index (χ2n) is 8.36. The Morgan fingerprint density at radius 2 is 1.89 bits per heavy atom. The smallest absolute Gasteiger partial charge is 0.329 e. The van der Waals surface area contributed by atoms with Crippen LogP contribution in [0, 0.1) is 5.92 Å². The van der Waals surface area contributed by atoms with Crippen molar-refractivity contribution in [3.05, 3.63) is 17.7 Å². The number of nitrogens with one attached hydrogen (secondary N) is 3. The maximum Gasteiger partial charge on any atom is 0.329 e. The van der Waals surface area contributed by atoms with E-state index in [1.165, 1.54) is 6.33 Å². The monoisotopic (exact) mass is 393 g/mol. The summed E-state index contributed by atoms with van der Waals surface area (Å²) in [6.07, 6.45) is 1.74. The minimum atomic E-state index is -0.814. The molecule has 0 aromatic carbocycles. The van der Waals surface area contributed by atoms with Gasteiger partial charge in [-0.05, 0) is 33.1 Å². The Morgan fingerprint density at radius 3 is 2.46 bits per heavy atom. The largest absolute Gasteiger partial charge is 0.458 e. The van der Waals surface area contributed by atoms with Gasteiger partial charge in [0.25, 0.3) is 11.8 Å². The molecule has 1 atom stereocenters. The molecule has 9 heteroatoms. The fourth-order valence-electron chi connectivity index (χ4n) is 2.94. The summed E-state index contributed by atoms with van der Waals surface area (Å²) in [5.41, 5.74) is -0.542. The van der Waals surface area contributed by atoms with Crippen molar-refractivity contribution in [2.45, 2.75) is 52.7 Å². The Balaban J connectivity index is 2.14. The lowest BCUT2D eigenvalue weighted by Gasteiger charge is -2.27. The number of aromatic amines is 1. The van der Waals surface area contributed by atoms with Crippen LogP contribution in [0.25, 0.3) is 0 Å². The molecule has 9 nitrogen and oxygen atoms in total. The van der Waals surface area contributed by atoms with Gasteiger partial charge in [0.05, 0.1) is 6.33 Å². The van der Waals surface area contributed by atoms with Crippen LogP contribution in [0.4, 0.5) is 0 Å². The Hall–Kier alpha value is -2.42. The van der Waals surface area contributed by atoms with Crippen LogP contribution < -0.4 is 10.6 Å². The third-order valence-corrected chi connectivity index (χ3v) is 4.18. The number of H-pyrrole nitrogens is 1. The number of carbonyl (C=O) groups is 3. The number of imidazole rings is 1. The van der Waals surface area contributed by atoms with E-state index >= 15 is 0 Å². The molecule has 28 heavy (non-hydrogen) atoms. The Labute approximate surface area is 165 Å². The van der Waals surface area contributed by atoms with Crippen LogP contribution in [0.1, 0.15) is 62.0 Å². The number of carbonyl (C=O) groups excluding carboxylic acids is 3. The normalized spacial score (nSPS) is 16.0. The highest BCUT2D eigenvalue weighted by atomic mass is 16.6. The van der Waals surface area contributed by atoms with Gasteiger partial charge in [-0.3, -0.25) is 9.59 Å². The highest BCUT2D eigenvalue weighted by Gasteiger charge is 2.31. The third kappa shape index (κ3) is 6.05. The summed E-state index contributed by atoms with van der Waals surface area (Å²) in [5, 5.41) is 5.87. The molecule has 0 bridgehead atoms. The fourth-order valence-corrected chi connectivity index (χ4v) is 2.94. The summed E-state index contributed by atoms with van der Waals surface area (Å²) in [4.78, 5) is 46.5. The van der Waals surface area contributed by atoms with E-state index in [9.17, 15) is 14.4 Å². The van der Waals surface area contributed by atoms with Crippen LogP contribution >= 0.6 is 0 Å². The van der Waals surface area contributed by atoms with Gasteiger partial charge in [0.1, 0.15) is 17.3 Å². The molecular formula is C19H31N5O4. The third-order valence-electron chi connectivity index (χ3n) is 4.18. The predicted octanol–water partition coefficient (Wildman–Crippen LogP) is 0.941. The first-order chi connectivity index (χ1) is 13.1. The van der Waals surface area contributed by atoms with Gasteiger partial charge in [-0.25, -0.2) is 9.78 Å². The molecule has 1 aromatic rings. The number of amides is 2. The molecule has 2 rings (SSSR count). The molecule has 1 aliphatic heterocycles. The molecule has 0 aliphatic carbocycles. The number of piperazine rings is 1. The van der Waals surface area contributed by atoms with Gasteiger partial charge >= 0.3 is 5.97 Å². The van der Waals surface area contributed by atoms with Crippen molar-refractivity contribution >= 4 is 17.8 Å². The van der Waals surface area contributed by atoms with Gasteiger partial charge in [0.2, 0.25) is 0 Å². The number of nitrogens with zero attached hydrogens (tertiary/aromatic N) is 2. The maximum absolute atomic E-state index is 12.8. The number of rotatable bonds is 6. The van der Waals surface area contributed by atoms with E-state index in [1.54, 1.807) is 25.7 Å². The standard InChI is InChI=1S/C19H31N5O4/c1-12(2)10-13(18(27)28-19(3,4)5)23-16(25)14-15(22-11-21-14)17(26)24-8-6-20-7-9-24/h11-13,20H,6-10H2,1-5H3,(H,21,22)(H,23,25)/t13-/m0/s1. The second-order valence-corrected chi connectivity index (χ2v) is 8.36. The number of esters is 1. The summed E-state index contributed by atoms with van der Waals surface area (Å²) >= 11 is 0. The lowest BCUT2D eigenvalue weighted by atomic mass is 10.0. The first kappa shape index (κ1) is 21.9. The topological polar surface area (TPSA) is 116 Å². The predicted molar refractivity (Wildman–Crippen MR) is 104 cm³/mol. The summed E-state index contributed by atoms with van der Waals surface area (Å²) in [7, 11) is 0. The molecule has 1 aliphatic rings. The zero-order valence-corrected chi connectivity index (χ0v) is 17.3. The highest BCUT2D eigenvalue weighted by Crippen LogP contribution is 2.14. The number of aromatic nitrogens is 2. The average molecular weight is 393 g/mol. The van der Waals surface area contributed by atoms with Crippen molar-refractivity contribution in [2.75, 3.05) is 26.2 Å². The second kappa shape index (κ2) is 9.18. The molecule has 1 fully saturated rings. The molecule has 0 spiro atoms. The van der Waals surface area contributed by atoms with Crippen molar-refractivity contribution in [2.24, 2.45) is 5.92 Å². The van der Waals surface area contributed by atoms with Gasteiger partial charge in [0.15, 0.2) is 5.69 Å². The molecule has 0 unspecified atom stereocenters. The van der Waals surface area contributed by atoms with Crippen LogP contribution in [0.15, 0.2) is 6.33 Å². The Kier molecular flexibility index (Phi) is 7.17. The molecule has 3 N–H and O–H groups in total. The van der Waals surface area contributed by atoms with Crippen molar-refractivity contribution in [3.63, 3.8) is 0 Å². The van der Waals surface area contributed by atoms with Gasteiger partial charge in [-0.1, -0.05) is 13.8 Å². The lowest BCUT2D eigenvalue weighted by molar-refractivity contribution is -0.157. The molecule has 0 radical (unpaired) electrons.